The van der Waals surface area contributed by atoms with Crippen LogP contribution in [-0.4, -0.2) is 40.3 Å². The van der Waals surface area contributed by atoms with Crippen molar-refractivity contribution in [3.8, 4) is 0 Å². The Morgan fingerprint density at radius 2 is 2.05 bits per heavy atom. The van der Waals surface area contributed by atoms with Crippen molar-refractivity contribution < 1.29 is 22.7 Å². The lowest BCUT2D eigenvalue weighted by atomic mass is 9.94. The maximum Gasteiger partial charge on any atom is 0.408 e. The number of alkyl halides is 3. The molecule has 0 aromatic carbocycles. The number of halogens is 3. The predicted octanol–water partition coefficient (Wildman–Crippen LogP) is 0.762. The highest BCUT2D eigenvalue weighted by Crippen LogP contribution is 2.30. The molecule has 0 radical (unpaired) electrons. The van der Waals surface area contributed by atoms with Crippen LogP contribution in [0.2, 0.25) is 0 Å². The fourth-order valence-electron chi connectivity index (χ4n) is 2.35. The first-order chi connectivity index (χ1) is 9.37. The molecule has 1 aliphatic rings. The van der Waals surface area contributed by atoms with Crippen molar-refractivity contribution in [1.82, 2.24) is 15.0 Å². The molecular weight excluding hydrogens is 277 g/mol. The molecule has 0 atom stereocenters. The first-order valence-corrected chi connectivity index (χ1v) is 6.22. The van der Waals surface area contributed by atoms with E-state index in [4.69, 9.17) is 10.5 Å². The van der Waals surface area contributed by atoms with E-state index >= 15 is 0 Å². The van der Waals surface area contributed by atoms with Gasteiger partial charge in [-0.1, -0.05) is 5.21 Å². The molecule has 2 heterocycles. The zero-order chi connectivity index (χ0) is 14.8. The standard InChI is InChI=1S/C11H15F3N4O2/c12-11(13,14)6-18-10(7-1-3-20-4-2-7)8(16-17-18)5-9(15)19/h7H,1-6H2,(H2,15,19). The number of nitrogens with zero attached hydrogens (tertiary/aromatic N) is 3. The van der Waals surface area contributed by atoms with E-state index in [2.05, 4.69) is 10.3 Å². The molecule has 0 unspecified atom stereocenters. The van der Waals surface area contributed by atoms with Crippen LogP contribution in [0.4, 0.5) is 13.2 Å². The minimum absolute atomic E-state index is 0.143. The zero-order valence-corrected chi connectivity index (χ0v) is 10.7. The van der Waals surface area contributed by atoms with Gasteiger partial charge in [-0.2, -0.15) is 13.2 Å². The van der Waals surface area contributed by atoms with Crippen LogP contribution in [0.3, 0.4) is 0 Å². The fraction of sp³-hybridized carbons (Fsp3) is 0.727. The number of carbonyl (C=O) groups is 1. The van der Waals surface area contributed by atoms with E-state index in [9.17, 15) is 18.0 Å². The highest BCUT2D eigenvalue weighted by molar-refractivity contribution is 5.76. The normalized spacial score (nSPS) is 17.4. The van der Waals surface area contributed by atoms with E-state index in [1.165, 1.54) is 0 Å². The fourth-order valence-corrected chi connectivity index (χ4v) is 2.35. The molecule has 1 aromatic heterocycles. The SMILES string of the molecule is NC(=O)Cc1nnn(CC(F)(F)F)c1C1CCOCC1. The van der Waals surface area contributed by atoms with E-state index in [1.54, 1.807) is 0 Å². The van der Waals surface area contributed by atoms with Crippen molar-refractivity contribution in [3.05, 3.63) is 11.4 Å². The number of ether oxygens (including phenoxy) is 1. The summed E-state index contributed by atoms with van der Waals surface area (Å²) in [5.74, 6) is -0.784. The summed E-state index contributed by atoms with van der Waals surface area (Å²) in [5.41, 5.74) is 5.68. The lowest BCUT2D eigenvalue weighted by Crippen LogP contribution is -2.25. The van der Waals surface area contributed by atoms with Crippen LogP contribution in [0, 0.1) is 0 Å². The smallest absolute Gasteiger partial charge is 0.381 e. The van der Waals surface area contributed by atoms with E-state index in [1.807, 2.05) is 0 Å². The van der Waals surface area contributed by atoms with Gasteiger partial charge < -0.3 is 10.5 Å². The van der Waals surface area contributed by atoms with Crippen LogP contribution in [0.25, 0.3) is 0 Å². The molecular formula is C11H15F3N4O2. The Bertz CT molecular complexity index is 481. The third-order valence-electron chi connectivity index (χ3n) is 3.13. The van der Waals surface area contributed by atoms with E-state index in [0.717, 1.165) is 4.68 Å². The van der Waals surface area contributed by atoms with E-state index < -0.39 is 18.6 Å². The topological polar surface area (TPSA) is 83.0 Å². The first kappa shape index (κ1) is 14.8. The molecule has 112 valence electrons. The third kappa shape index (κ3) is 3.69. The second-order valence-corrected chi connectivity index (χ2v) is 4.72. The Morgan fingerprint density at radius 1 is 1.40 bits per heavy atom. The van der Waals surface area contributed by atoms with Crippen LogP contribution in [-0.2, 0) is 22.5 Å². The Hall–Kier alpha value is -1.64. The van der Waals surface area contributed by atoms with Crippen LogP contribution in [0.5, 0.6) is 0 Å². The highest BCUT2D eigenvalue weighted by atomic mass is 19.4. The number of primary amides is 1. The molecule has 1 aromatic rings. The van der Waals surface area contributed by atoms with Crippen molar-refractivity contribution in [2.45, 2.75) is 37.9 Å². The Kier molecular flexibility index (Phi) is 4.26. The molecule has 0 spiro atoms. The Labute approximate surface area is 113 Å². The molecule has 9 heteroatoms. The van der Waals surface area contributed by atoms with Gasteiger partial charge in [0.05, 0.1) is 17.8 Å². The molecule has 20 heavy (non-hydrogen) atoms. The summed E-state index contributed by atoms with van der Waals surface area (Å²) in [6, 6.07) is 0. The van der Waals surface area contributed by atoms with Gasteiger partial charge in [0.15, 0.2) is 0 Å². The second-order valence-electron chi connectivity index (χ2n) is 4.72. The van der Waals surface area contributed by atoms with Crippen molar-refractivity contribution in [2.75, 3.05) is 13.2 Å². The van der Waals surface area contributed by atoms with Crippen LogP contribution >= 0.6 is 0 Å². The summed E-state index contributed by atoms with van der Waals surface area (Å²) < 4.78 is 43.7. The molecule has 2 N–H and O–H groups in total. The van der Waals surface area contributed by atoms with Gasteiger partial charge in [-0.05, 0) is 12.8 Å². The second kappa shape index (κ2) is 5.78. The summed E-state index contributed by atoms with van der Waals surface area (Å²) in [5, 5.41) is 7.21. The lowest BCUT2D eigenvalue weighted by Gasteiger charge is -2.23. The van der Waals surface area contributed by atoms with Gasteiger partial charge in [0.25, 0.3) is 0 Å². The van der Waals surface area contributed by atoms with Gasteiger partial charge in [-0.25, -0.2) is 4.68 Å². The number of rotatable bonds is 4. The number of hydrogen-bond donors (Lipinski definition) is 1. The van der Waals surface area contributed by atoms with Gasteiger partial charge >= 0.3 is 6.18 Å². The molecule has 2 rings (SSSR count). The Balaban J connectivity index is 2.31. The van der Waals surface area contributed by atoms with Crippen LogP contribution in [0.1, 0.15) is 30.1 Å². The van der Waals surface area contributed by atoms with Crippen LogP contribution in [0.15, 0.2) is 0 Å². The van der Waals surface area contributed by atoms with Crippen LogP contribution < -0.4 is 5.73 Å². The molecule has 0 bridgehead atoms. The largest absolute Gasteiger partial charge is 0.408 e. The summed E-state index contributed by atoms with van der Waals surface area (Å²) in [7, 11) is 0. The minimum atomic E-state index is -4.39. The highest BCUT2D eigenvalue weighted by Gasteiger charge is 2.33. The number of carbonyl (C=O) groups excluding carboxylic acids is 1. The quantitative estimate of drug-likeness (QED) is 0.888. The molecule has 1 saturated heterocycles. The number of amides is 1. The minimum Gasteiger partial charge on any atom is -0.381 e. The molecule has 1 aliphatic heterocycles. The average Bonchev–Trinajstić information content (AvgIpc) is 2.70. The van der Waals surface area contributed by atoms with Crippen molar-refractivity contribution in [1.29, 1.82) is 0 Å². The summed E-state index contributed by atoms with van der Waals surface area (Å²) in [4.78, 5) is 11.0. The number of aromatic nitrogens is 3. The van der Waals surface area contributed by atoms with Gasteiger partial charge in [0.1, 0.15) is 6.54 Å². The lowest BCUT2D eigenvalue weighted by molar-refractivity contribution is -0.143. The first-order valence-electron chi connectivity index (χ1n) is 6.22. The van der Waals surface area contributed by atoms with Crippen molar-refractivity contribution >= 4 is 5.91 Å². The molecule has 6 nitrogen and oxygen atoms in total. The Morgan fingerprint density at radius 3 is 2.60 bits per heavy atom. The summed E-state index contributed by atoms with van der Waals surface area (Å²) in [6.07, 6.45) is -3.43. The zero-order valence-electron chi connectivity index (χ0n) is 10.7. The monoisotopic (exact) mass is 292 g/mol. The number of nitrogens with two attached hydrogens (primary N) is 1. The van der Waals surface area contributed by atoms with Crippen molar-refractivity contribution in [3.63, 3.8) is 0 Å². The van der Waals surface area contributed by atoms with E-state index in [0.29, 0.717) is 31.7 Å². The molecule has 1 fully saturated rings. The average molecular weight is 292 g/mol. The molecule has 0 aliphatic carbocycles. The molecule has 1 amide bonds. The maximum atomic E-state index is 12.6. The van der Waals surface area contributed by atoms with Gasteiger partial charge in [-0.15, -0.1) is 5.10 Å². The van der Waals surface area contributed by atoms with Gasteiger partial charge in [0, 0.05) is 19.1 Å². The third-order valence-corrected chi connectivity index (χ3v) is 3.13. The predicted molar refractivity (Wildman–Crippen MR) is 61.8 cm³/mol. The summed E-state index contributed by atoms with van der Waals surface area (Å²) >= 11 is 0. The molecule has 0 saturated carbocycles. The van der Waals surface area contributed by atoms with Crippen molar-refractivity contribution in [2.24, 2.45) is 5.73 Å². The van der Waals surface area contributed by atoms with Gasteiger partial charge in [-0.3, -0.25) is 4.79 Å². The maximum absolute atomic E-state index is 12.6. The number of hydrogen-bond acceptors (Lipinski definition) is 4. The summed E-state index contributed by atoms with van der Waals surface area (Å²) in [6.45, 7) is -0.277. The van der Waals surface area contributed by atoms with Gasteiger partial charge in [0.2, 0.25) is 5.91 Å². The van der Waals surface area contributed by atoms with E-state index in [-0.39, 0.29) is 18.0 Å².